The van der Waals surface area contributed by atoms with Crippen LogP contribution < -0.4 is 10.2 Å². The monoisotopic (exact) mass is 458 g/mol. The molecule has 2 amide bonds. The van der Waals surface area contributed by atoms with E-state index < -0.39 is 10.0 Å². The van der Waals surface area contributed by atoms with Gasteiger partial charge in [0.2, 0.25) is 10.0 Å². The molecule has 32 heavy (non-hydrogen) atoms. The van der Waals surface area contributed by atoms with E-state index in [-0.39, 0.29) is 10.9 Å². The van der Waals surface area contributed by atoms with Crippen LogP contribution in [0.3, 0.4) is 0 Å². The Morgan fingerprint density at radius 2 is 1.62 bits per heavy atom. The number of benzene rings is 2. The number of hydrogen-bond acceptors (Lipinski definition) is 4. The minimum absolute atomic E-state index is 0.166. The van der Waals surface area contributed by atoms with Gasteiger partial charge in [0.05, 0.1) is 4.90 Å². The number of amides is 2. The van der Waals surface area contributed by atoms with Crippen molar-refractivity contribution in [1.82, 2.24) is 14.5 Å². The van der Waals surface area contributed by atoms with Gasteiger partial charge in [-0.05, 0) is 42.2 Å². The molecule has 0 unspecified atom stereocenters. The molecule has 0 aliphatic carbocycles. The summed E-state index contributed by atoms with van der Waals surface area (Å²) >= 11 is 0. The third kappa shape index (κ3) is 5.61. The van der Waals surface area contributed by atoms with Crippen LogP contribution >= 0.6 is 0 Å². The summed E-state index contributed by atoms with van der Waals surface area (Å²) in [7, 11) is -1.69. The summed E-state index contributed by atoms with van der Waals surface area (Å²) in [6.07, 6.45) is 2.42. The number of anilines is 1. The van der Waals surface area contributed by atoms with Crippen molar-refractivity contribution < 1.29 is 13.2 Å². The van der Waals surface area contributed by atoms with Crippen LogP contribution in [0.15, 0.2) is 53.4 Å². The zero-order valence-corrected chi connectivity index (χ0v) is 20.1. The van der Waals surface area contributed by atoms with Gasteiger partial charge in [-0.15, -0.1) is 0 Å². The van der Waals surface area contributed by atoms with Crippen LogP contribution in [-0.2, 0) is 23.1 Å². The lowest BCUT2D eigenvalue weighted by Crippen LogP contribution is -2.36. The molecule has 2 aromatic carbocycles. The number of urea groups is 1. The second-order valence-corrected chi connectivity index (χ2v) is 10.0. The smallest absolute Gasteiger partial charge is 0.317 e. The van der Waals surface area contributed by atoms with Crippen LogP contribution in [0.5, 0.6) is 0 Å². The molecule has 1 N–H and O–H groups in total. The molecular weight excluding hydrogens is 424 g/mol. The number of nitrogens with one attached hydrogen (secondary N) is 1. The Hall–Kier alpha value is -2.58. The van der Waals surface area contributed by atoms with Crippen LogP contribution in [0.1, 0.15) is 37.8 Å². The van der Waals surface area contributed by atoms with Crippen LogP contribution in [0.2, 0.25) is 0 Å². The predicted octanol–water partition coefficient (Wildman–Crippen LogP) is 3.66. The second kappa shape index (κ2) is 10.8. The minimum Gasteiger partial charge on any atom is -0.371 e. The number of nitrogens with zero attached hydrogens (tertiary/aromatic N) is 3. The van der Waals surface area contributed by atoms with Crippen molar-refractivity contribution in [1.29, 1.82) is 0 Å². The summed E-state index contributed by atoms with van der Waals surface area (Å²) in [4.78, 5) is 17.0. The number of hydrogen-bond donors (Lipinski definition) is 1. The van der Waals surface area contributed by atoms with E-state index in [1.54, 1.807) is 36.2 Å². The molecule has 1 aliphatic heterocycles. The quantitative estimate of drug-likeness (QED) is 0.622. The van der Waals surface area contributed by atoms with Crippen molar-refractivity contribution in [3.05, 3.63) is 59.7 Å². The molecule has 174 valence electrons. The van der Waals surface area contributed by atoms with Gasteiger partial charge in [-0.1, -0.05) is 44.2 Å². The predicted molar refractivity (Wildman–Crippen MR) is 128 cm³/mol. The highest BCUT2D eigenvalue weighted by Gasteiger charge is 2.21. The first kappa shape index (κ1) is 24.1. The first-order chi connectivity index (χ1) is 15.4. The molecule has 0 bridgehead atoms. The lowest BCUT2D eigenvalue weighted by molar-refractivity contribution is 0.206. The minimum atomic E-state index is -3.47. The van der Waals surface area contributed by atoms with Crippen LogP contribution in [0, 0.1) is 0 Å². The largest absolute Gasteiger partial charge is 0.371 e. The van der Waals surface area contributed by atoms with Crippen molar-refractivity contribution in [3.8, 4) is 0 Å². The van der Waals surface area contributed by atoms with Crippen molar-refractivity contribution in [2.24, 2.45) is 0 Å². The normalized spacial score (nSPS) is 14.1. The van der Waals surface area contributed by atoms with Crippen molar-refractivity contribution in [3.63, 3.8) is 0 Å². The summed E-state index contributed by atoms with van der Waals surface area (Å²) in [5.41, 5.74) is 3.19. The number of carbonyl (C=O) groups is 1. The van der Waals surface area contributed by atoms with E-state index in [1.165, 1.54) is 22.8 Å². The average molecular weight is 459 g/mol. The molecule has 0 saturated carbocycles. The Morgan fingerprint density at radius 1 is 1.00 bits per heavy atom. The maximum Gasteiger partial charge on any atom is 0.317 e. The molecule has 1 fully saturated rings. The standard InChI is InChI=1S/C24H34N4O3S/c1-4-28(5-2)32(30,31)22-14-12-20(13-15-22)18-25-24(29)26(3)19-21-10-6-7-11-23(21)27-16-8-9-17-27/h6-7,10-15H,4-5,8-9,16-19H2,1-3H3,(H,25,29). The number of para-hydroxylation sites is 1. The molecule has 2 aromatic rings. The lowest BCUT2D eigenvalue weighted by Gasteiger charge is -2.24. The third-order valence-electron chi connectivity index (χ3n) is 5.90. The maximum absolute atomic E-state index is 12.6. The van der Waals surface area contributed by atoms with Gasteiger partial charge in [-0.25, -0.2) is 13.2 Å². The zero-order chi connectivity index (χ0) is 23.1. The van der Waals surface area contributed by atoms with Gasteiger partial charge in [-0.2, -0.15) is 4.31 Å². The Morgan fingerprint density at radius 3 is 2.25 bits per heavy atom. The van der Waals surface area contributed by atoms with Crippen molar-refractivity contribution >= 4 is 21.7 Å². The fourth-order valence-corrected chi connectivity index (χ4v) is 5.50. The van der Waals surface area contributed by atoms with E-state index in [4.69, 9.17) is 0 Å². The van der Waals surface area contributed by atoms with E-state index >= 15 is 0 Å². The highest BCUT2D eigenvalue weighted by atomic mass is 32.2. The van der Waals surface area contributed by atoms with Crippen LogP contribution in [-0.4, -0.2) is 56.9 Å². The first-order valence-electron chi connectivity index (χ1n) is 11.3. The topological polar surface area (TPSA) is 73.0 Å². The Balaban J connectivity index is 1.58. The average Bonchev–Trinajstić information content (AvgIpc) is 3.33. The zero-order valence-electron chi connectivity index (χ0n) is 19.3. The van der Waals surface area contributed by atoms with Crippen molar-refractivity contribution in [2.75, 3.05) is 38.1 Å². The summed E-state index contributed by atoms with van der Waals surface area (Å²) in [6.45, 7) is 7.51. The molecule has 1 heterocycles. The van der Waals surface area contributed by atoms with Crippen LogP contribution in [0.4, 0.5) is 10.5 Å². The molecule has 8 heteroatoms. The summed E-state index contributed by atoms with van der Waals surface area (Å²) in [6, 6.07) is 14.8. The maximum atomic E-state index is 12.6. The fourth-order valence-electron chi connectivity index (χ4n) is 4.04. The molecule has 3 rings (SSSR count). The molecule has 0 aromatic heterocycles. The van der Waals surface area contributed by atoms with Gasteiger partial charge in [-0.3, -0.25) is 0 Å². The molecular formula is C24H34N4O3S. The SMILES string of the molecule is CCN(CC)S(=O)(=O)c1ccc(CNC(=O)N(C)Cc2ccccc2N2CCCC2)cc1. The second-order valence-electron chi connectivity index (χ2n) is 8.07. The highest BCUT2D eigenvalue weighted by molar-refractivity contribution is 7.89. The van der Waals surface area contributed by atoms with Crippen LogP contribution in [0.25, 0.3) is 0 Å². The number of rotatable bonds is 9. The van der Waals surface area contributed by atoms with Gasteiger partial charge < -0.3 is 15.1 Å². The van der Waals surface area contributed by atoms with E-state index in [0.717, 1.165) is 24.2 Å². The molecule has 1 aliphatic rings. The van der Waals surface area contributed by atoms with E-state index in [2.05, 4.69) is 22.3 Å². The lowest BCUT2D eigenvalue weighted by atomic mass is 10.1. The van der Waals surface area contributed by atoms with E-state index in [1.807, 2.05) is 26.0 Å². The van der Waals surface area contributed by atoms with Gasteiger partial charge in [0.1, 0.15) is 0 Å². The highest BCUT2D eigenvalue weighted by Crippen LogP contribution is 2.25. The molecule has 0 atom stereocenters. The van der Waals surface area contributed by atoms with E-state index in [9.17, 15) is 13.2 Å². The summed E-state index contributed by atoms with van der Waals surface area (Å²) in [5.74, 6) is 0. The van der Waals surface area contributed by atoms with E-state index in [0.29, 0.717) is 26.2 Å². The molecule has 1 saturated heterocycles. The van der Waals surface area contributed by atoms with Gasteiger partial charge in [0.25, 0.3) is 0 Å². The number of carbonyl (C=O) groups excluding carboxylic acids is 1. The van der Waals surface area contributed by atoms with Gasteiger partial charge in [0.15, 0.2) is 0 Å². The van der Waals surface area contributed by atoms with Gasteiger partial charge >= 0.3 is 6.03 Å². The summed E-state index contributed by atoms with van der Waals surface area (Å²) < 4.78 is 26.6. The fraction of sp³-hybridized carbons (Fsp3) is 0.458. The Bertz CT molecular complexity index is 998. The first-order valence-corrected chi connectivity index (χ1v) is 12.7. The molecule has 7 nitrogen and oxygen atoms in total. The summed E-state index contributed by atoms with van der Waals surface area (Å²) in [5, 5.41) is 2.92. The number of sulfonamides is 1. The third-order valence-corrected chi connectivity index (χ3v) is 7.97. The van der Waals surface area contributed by atoms with Gasteiger partial charge in [0, 0.05) is 52.0 Å². The Labute approximate surface area is 192 Å². The van der Waals surface area contributed by atoms with Crippen molar-refractivity contribution in [2.45, 2.75) is 44.7 Å². The molecule has 0 radical (unpaired) electrons. The Kier molecular flexibility index (Phi) is 8.15. The molecule has 0 spiro atoms.